The second kappa shape index (κ2) is 15.7. The van der Waals surface area contributed by atoms with Crippen molar-refractivity contribution in [1.29, 1.82) is 0 Å². The summed E-state index contributed by atoms with van der Waals surface area (Å²) in [5.41, 5.74) is 18.1. The first kappa shape index (κ1) is 41.5. The van der Waals surface area contributed by atoms with Crippen molar-refractivity contribution in [3.8, 4) is 22.9 Å². The molecule has 0 saturated heterocycles. The summed E-state index contributed by atoms with van der Waals surface area (Å²) in [6.07, 6.45) is 0. The van der Waals surface area contributed by atoms with Crippen molar-refractivity contribution in [3.63, 3.8) is 0 Å². The highest BCUT2D eigenvalue weighted by Crippen LogP contribution is 2.47. The number of ketones is 1. The van der Waals surface area contributed by atoms with Gasteiger partial charge in [-0.05, 0) is 99.6 Å². The topological polar surface area (TPSA) is 17.1 Å². The van der Waals surface area contributed by atoms with E-state index in [0.717, 1.165) is 76.5 Å². The SMILES string of the molecule is CC(C)[Si](C#Cc1cc2c(=C(c3ccccc3)c3ccccc3)c3cccc4c(C#C[Si](C(C)C)(C(C)C)C(C)C)cc5c(c43)c2c2c(cccc12)C5=O)(C(C)C)C(C)C. The van der Waals surface area contributed by atoms with Gasteiger partial charge in [-0.3, -0.25) is 4.79 Å². The van der Waals surface area contributed by atoms with E-state index < -0.39 is 16.1 Å². The zero-order chi connectivity index (χ0) is 42.8. The first-order valence-electron chi connectivity index (χ1n) is 22.3. The Morgan fingerprint density at radius 1 is 0.417 bits per heavy atom. The second-order valence-electron chi connectivity index (χ2n) is 19.3. The zero-order valence-electron chi connectivity index (χ0n) is 37.8. The summed E-state index contributed by atoms with van der Waals surface area (Å²) in [4.78, 5) is 15.2. The van der Waals surface area contributed by atoms with Gasteiger partial charge in [0.25, 0.3) is 0 Å². The van der Waals surface area contributed by atoms with Crippen LogP contribution in [0.4, 0.5) is 0 Å². The van der Waals surface area contributed by atoms with E-state index >= 15 is 4.79 Å². The Hall–Kier alpha value is -5.20. The third-order valence-corrected chi connectivity index (χ3v) is 27.1. The van der Waals surface area contributed by atoms with Gasteiger partial charge >= 0.3 is 0 Å². The van der Waals surface area contributed by atoms with Gasteiger partial charge in [0.1, 0.15) is 16.1 Å². The maximum absolute atomic E-state index is 15.2. The van der Waals surface area contributed by atoms with E-state index in [1.165, 1.54) is 10.8 Å². The summed E-state index contributed by atoms with van der Waals surface area (Å²) in [6, 6.07) is 39.3. The number of hydrogen-bond donors (Lipinski definition) is 0. The van der Waals surface area contributed by atoms with Crippen LogP contribution in [0.5, 0.6) is 0 Å². The van der Waals surface area contributed by atoms with Gasteiger partial charge in [0, 0.05) is 33.0 Å². The predicted molar refractivity (Wildman–Crippen MR) is 265 cm³/mol. The minimum absolute atomic E-state index is 0.0769. The maximum Gasteiger partial charge on any atom is 0.194 e. The lowest BCUT2D eigenvalue weighted by Gasteiger charge is -2.38. The van der Waals surface area contributed by atoms with Crippen molar-refractivity contribution in [2.24, 2.45) is 0 Å². The summed E-state index contributed by atoms with van der Waals surface area (Å²) in [5.74, 6) is 7.82. The van der Waals surface area contributed by atoms with Crippen LogP contribution in [0.1, 0.15) is 121 Å². The number of carbonyl (C=O) groups excluding carboxylic acids is 1. The lowest BCUT2D eigenvalue weighted by atomic mass is 9.77. The summed E-state index contributed by atoms with van der Waals surface area (Å²) >= 11 is 0. The van der Waals surface area contributed by atoms with Crippen LogP contribution in [-0.4, -0.2) is 21.9 Å². The van der Waals surface area contributed by atoms with Crippen LogP contribution in [-0.2, 0) is 0 Å². The quantitative estimate of drug-likeness (QED) is 0.0646. The first-order chi connectivity index (χ1) is 28.7. The average Bonchev–Trinajstić information content (AvgIpc) is 3.22. The fourth-order valence-corrected chi connectivity index (χ4v) is 22.3. The Labute approximate surface area is 360 Å². The van der Waals surface area contributed by atoms with E-state index in [1.807, 2.05) is 6.07 Å². The smallest absolute Gasteiger partial charge is 0.194 e. The molecule has 7 aromatic carbocycles. The number of benzene rings is 7. The van der Waals surface area contributed by atoms with Gasteiger partial charge in [-0.1, -0.05) is 192 Å². The molecule has 60 heavy (non-hydrogen) atoms. The normalized spacial score (nSPS) is 13.0. The van der Waals surface area contributed by atoms with Crippen molar-refractivity contribution in [2.45, 2.75) is 116 Å². The van der Waals surface area contributed by atoms with Gasteiger partial charge in [-0.15, -0.1) is 11.1 Å². The van der Waals surface area contributed by atoms with Gasteiger partial charge in [0.05, 0.1) is 0 Å². The largest absolute Gasteiger partial charge is 0.289 e. The standard InChI is InChI=1S/C57H60OSi2/c1-35(2)59(36(3)4,37(5)6)31-29-43-33-49-54(51(41-21-15-13-16-22-41)42-23-17-14-18-24-42)47-27-19-25-45-44(30-32-60(38(7)8,39(9)10)40(11)12)34-50-56(52(45)47)55(49)53-46(43)26-20-28-48(53)57(50)58/h13-28,33-40H,1-12H3. The molecule has 0 heterocycles. The van der Waals surface area contributed by atoms with Gasteiger partial charge < -0.3 is 0 Å². The molecule has 0 N–H and O–H groups in total. The fraction of sp³-hybridized carbons (Fsp3) is 0.316. The zero-order valence-corrected chi connectivity index (χ0v) is 39.8. The molecule has 0 unspecified atom stereocenters. The van der Waals surface area contributed by atoms with Crippen LogP contribution < -0.4 is 5.22 Å². The van der Waals surface area contributed by atoms with Crippen LogP contribution in [0.3, 0.4) is 0 Å². The molecule has 0 saturated carbocycles. The lowest BCUT2D eigenvalue weighted by Crippen LogP contribution is -2.43. The van der Waals surface area contributed by atoms with Crippen LogP contribution in [0, 0.1) is 22.9 Å². The minimum Gasteiger partial charge on any atom is -0.289 e. The molecule has 0 spiro atoms. The monoisotopic (exact) mass is 816 g/mol. The molecule has 1 aliphatic carbocycles. The minimum atomic E-state index is -2.09. The first-order valence-corrected chi connectivity index (χ1v) is 26.8. The molecule has 1 nitrogen and oxygen atoms in total. The molecular formula is C57H60OSi2. The van der Waals surface area contributed by atoms with Crippen LogP contribution >= 0.6 is 0 Å². The molecular weight excluding hydrogens is 757 g/mol. The van der Waals surface area contributed by atoms with Crippen LogP contribution in [0.15, 0.2) is 109 Å². The molecule has 0 bridgehead atoms. The Kier molecular flexibility index (Phi) is 10.9. The molecule has 1 aliphatic rings. The Balaban J connectivity index is 1.66. The van der Waals surface area contributed by atoms with E-state index in [2.05, 4.69) is 209 Å². The third-order valence-electron chi connectivity index (χ3n) is 14.5. The number of rotatable bonds is 8. The highest BCUT2D eigenvalue weighted by molar-refractivity contribution is 6.91. The molecule has 8 rings (SSSR count). The highest BCUT2D eigenvalue weighted by Gasteiger charge is 2.43. The third kappa shape index (κ3) is 6.23. The summed E-state index contributed by atoms with van der Waals surface area (Å²) < 4.78 is 0. The van der Waals surface area contributed by atoms with E-state index in [0.29, 0.717) is 33.2 Å². The van der Waals surface area contributed by atoms with Crippen molar-refractivity contribution < 1.29 is 4.79 Å². The molecule has 302 valence electrons. The van der Waals surface area contributed by atoms with Crippen molar-refractivity contribution in [3.05, 3.63) is 148 Å². The molecule has 7 aromatic rings. The molecule has 0 aromatic heterocycles. The fourth-order valence-electron chi connectivity index (χ4n) is 11.9. The van der Waals surface area contributed by atoms with Crippen molar-refractivity contribution in [2.75, 3.05) is 0 Å². The predicted octanol–water partition coefficient (Wildman–Crippen LogP) is 14.9. The van der Waals surface area contributed by atoms with E-state index in [4.69, 9.17) is 0 Å². The summed E-state index contributed by atoms with van der Waals surface area (Å²) in [5, 5.41) is 10.0. The van der Waals surface area contributed by atoms with Crippen molar-refractivity contribution in [1.82, 2.24) is 0 Å². The van der Waals surface area contributed by atoms with Crippen LogP contribution in [0.2, 0.25) is 33.2 Å². The molecule has 3 heteroatoms. The van der Waals surface area contributed by atoms with E-state index in [1.54, 1.807) is 0 Å². The number of carbonyl (C=O) groups is 1. The summed E-state index contributed by atoms with van der Waals surface area (Å²) in [6.45, 7) is 28.5. The molecule has 0 radical (unpaired) electrons. The van der Waals surface area contributed by atoms with Gasteiger partial charge in [0.2, 0.25) is 0 Å². The van der Waals surface area contributed by atoms with Crippen LogP contribution in [0.25, 0.3) is 48.7 Å². The van der Waals surface area contributed by atoms with E-state index in [9.17, 15) is 0 Å². The Morgan fingerprint density at radius 3 is 1.33 bits per heavy atom. The average molecular weight is 817 g/mol. The molecule has 0 amide bonds. The van der Waals surface area contributed by atoms with Gasteiger partial charge in [-0.25, -0.2) is 0 Å². The lowest BCUT2D eigenvalue weighted by molar-refractivity contribution is 0.104. The van der Waals surface area contributed by atoms with E-state index in [-0.39, 0.29) is 5.78 Å². The summed E-state index contributed by atoms with van der Waals surface area (Å²) in [7, 11) is -4.17. The molecule has 0 aliphatic heterocycles. The van der Waals surface area contributed by atoms with Gasteiger partial charge in [0.15, 0.2) is 5.78 Å². The Bertz CT molecular complexity index is 2930. The highest BCUT2D eigenvalue weighted by atomic mass is 28.3. The molecule has 0 atom stereocenters. The maximum atomic E-state index is 15.2. The van der Waals surface area contributed by atoms with Crippen molar-refractivity contribution >= 4 is 70.6 Å². The molecule has 0 fully saturated rings. The number of hydrogen-bond acceptors (Lipinski definition) is 1. The Morgan fingerprint density at radius 2 is 0.850 bits per heavy atom. The van der Waals surface area contributed by atoms with Gasteiger partial charge in [-0.2, -0.15) is 0 Å². The second-order valence-corrected chi connectivity index (χ2v) is 30.4.